The molecule has 1 saturated heterocycles. The fraction of sp³-hybridized carbons (Fsp3) is 1.00. The topological polar surface area (TPSA) is 38.7 Å². The molecular weight excluding hydrogens is 250 g/mol. The summed E-state index contributed by atoms with van der Waals surface area (Å²) in [6.45, 7) is 5.92. The number of rotatable bonds is 7. The molecule has 2 aliphatic rings. The van der Waals surface area contributed by atoms with Gasteiger partial charge in [0.05, 0.1) is 6.61 Å². The lowest BCUT2D eigenvalue weighted by Gasteiger charge is -2.34. The van der Waals surface area contributed by atoms with Gasteiger partial charge in [-0.15, -0.1) is 0 Å². The van der Waals surface area contributed by atoms with Crippen LogP contribution < -0.4 is 5.32 Å². The Morgan fingerprint density at radius 3 is 2.80 bits per heavy atom. The third-order valence-corrected chi connectivity index (χ3v) is 5.10. The molecule has 1 saturated carbocycles. The van der Waals surface area contributed by atoms with Crippen molar-refractivity contribution in [2.75, 3.05) is 40.3 Å². The second kappa shape index (κ2) is 7.21. The summed E-state index contributed by atoms with van der Waals surface area (Å²) in [5.41, 5.74) is -0.00800. The zero-order valence-electron chi connectivity index (χ0n) is 13.6. The standard InChI is InChI=1S/C16H33N3O/c1-4-9-17-16(13-20)8-7-14(11-16)19-10-5-6-15(19)12-18(2)3/h14-15,17,20H,4-13H2,1-3H3. The van der Waals surface area contributed by atoms with Gasteiger partial charge in [0.25, 0.3) is 0 Å². The minimum Gasteiger partial charge on any atom is -0.394 e. The first kappa shape index (κ1) is 16.2. The van der Waals surface area contributed by atoms with Crippen LogP contribution in [0, 0.1) is 0 Å². The molecule has 0 radical (unpaired) electrons. The number of nitrogens with zero attached hydrogens (tertiary/aromatic N) is 2. The van der Waals surface area contributed by atoms with E-state index in [-0.39, 0.29) is 12.1 Å². The van der Waals surface area contributed by atoms with Crippen LogP contribution in [-0.4, -0.2) is 72.9 Å². The van der Waals surface area contributed by atoms with E-state index in [9.17, 15) is 5.11 Å². The fourth-order valence-corrected chi connectivity index (χ4v) is 4.09. The van der Waals surface area contributed by atoms with E-state index < -0.39 is 0 Å². The van der Waals surface area contributed by atoms with Crippen molar-refractivity contribution in [2.45, 2.75) is 63.1 Å². The molecule has 4 heteroatoms. The van der Waals surface area contributed by atoms with Gasteiger partial charge in [-0.1, -0.05) is 6.92 Å². The van der Waals surface area contributed by atoms with E-state index in [1.54, 1.807) is 0 Å². The number of aliphatic hydroxyl groups excluding tert-OH is 1. The molecule has 2 rings (SSSR count). The molecule has 3 atom stereocenters. The predicted molar refractivity (Wildman–Crippen MR) is 84.0 cm³/mol. The van der Waals surface area contributed by atoms with Gasteiger partial charge in [-0.05, 0) is 65.7 Å². The van der Waals surface area contributed by atoms with E-state index in [2.05, 4.69) is 36.1 Å². The number of aliphatic hydroxyl groups is 1. The highest BCUT2D eigenvalue weighted by molar-refractivity contribution is 5.01. The van der Waals surface area contributed by atoms with Gasteiger partial charge in [0.15, 0.2) is 0 Å². The van der Waals surface area contributed by atoms with Gasteiger partial charge in [-0.3, -0.25) is 4.90 Å². The van der Waals surface area contributed by atoms with Crippen molar-refractivity contribution in [3.05, 3.63) is 0 Å². The predicted octanol–water partition coefficient (Wildman–Crippen LogP) is 1.30. The van der Waals surface area contributed by atoms with Crippen molar-refractivity contribution >= 4 is 0 Å². The molecule has 118 valence electrons. The molecule has 2 N–H and O–H groups in total. The summed E-state index contributed by atoms with van der Waals surface area (Å²) in [6.07, 6.45) is 7.29. The van der Waals surface area contributed by atoms with Gasteiger partial charge in [-0.25, -0.2) is 0 Å². The summed E-state index contributed by atoms with van der Waals surface area (Å²) < 4.78 is 0. The van der Waals surface area contributed by atoms with Gasteiger partial charge in [0.1, 0.15) is 0 Å². The second-order valence-corrected chi connectivity index (χ2v) is 7.06. The van der Waals surface area contributed by atoms with Crippen LogP contribution in [0.15, 0.2) is 0 Å². The Kier molecular flexibility index (Phi) is 5.84. The quantitative estimate of drug-likeness (QED) is 0.739. The molecule has 0 aromatic carbocycles. The van der Waals surface area contributed by atoms with Crippen LogP contribution in [0.3, 0.4) is 0 Å². The first-order chi connectivity index (χ1) is 9.60. The molecule has 2 fully saturated rings. The summed E-state index contributed by atoms with van der Waals surface area (Å²) in [5, 5.41) is 13.4. The van der Waals surface area contributed by atoms with Gasteiger partial charge in [-0.2, -0.15) is 0 Å². The van der Waals surface area contributed by atoms with E-state index in [0.29, 0.717) is 6.04 Å². The Labute approximate surface area is 124 Å². The van der Waals surface area contributed by atoms with Crippen molar-refractivity contribution in [3.8, 4) is 0 Å². The van der Waals surface area contributed by atoms with E-state index in [1.165, 1.54) is 32.4 Å². The van der Waals surface area contributed by atoms with E-state index >= 15 is 0 Å². The van der Waals surface area contributed by atoms with Crippen LogP contribution in [0.25, 0.3) is 0 Å². The molecule has 0 bridgehead atoms. The number of likely N-dealkylation sites (tertiary alicyclic amines) is 1. The van der Waals surface area contributed by atoms with Crippen molar-refractivity contribution in [1.29, 1.82) is 0 Å². The largest absolute Gasteiger partial charge is 0.394 e. The fourth-order valence-electron chi connectivity index (χ4n) is 4.09. The lowest BCUT2D eigenvalue weighted by molar-refractivity contribution is 0.126. The maximum Gasteiger partial charge on any atom is 0.0613 e. The van der Waals surface area contributed by atoms with Crippen molar-refractivity contribution < 1.29 is 5.11 Å². The van der Waals surface area contributed by atoms with Gasteiger partial charge in [0, 0.05) is 24.2 Å². The summed E-state index contributed by atoms with van der Waals surface area (Å²) in [6, 6.07) is 1.38. The maximum absolute atomic E-state index is 9.83. The summed E-state index contributed by atoms with van der Waals surface area (Å²) >= 11 is 0. The monoisotopic (exact) mass is 283 g/mol. The van der Waals surface area contributed by atoms with E-state index in [1.807, 2.05) is 0 Å². The average molecular weight is 283 g/mol. The Morgan fingerprint density at radius 1 is 1.35 bits per heavy atom. The first-order valence-electron chi connectivity index (χ1n) is 8.36. The zero-order valence-corrected chi connectivity index (χ0v) is 13.6. The zero-order chi connectivity index (χ0) is 14.6. The lowest BCUT2D eigenvalue weighted by Crippen LogP contribution is -2.49. The smallest absolute Gasteiger partial charge is 0.0613 e. The van der Waals surface area contributed by atoms with Crippen LogP contribution in [-0.2, 0) is 0 Å². The Balaban J connectivity index is 1.93. The second-order valence-electron chi connectivity index (χ2n) is 7.06. The van der Waals surface area contributed by atoms with Crippen molar-refractivity contribution in [3.63, 3.8) is 0 Å². The molecule has 4 nitrogen and oxygen atoms in total. The number of hydrogen-bond acceptors (Lipinski definition) is 4. The molecule has 0 amide bonds. The minimum atomic E-state index is -0.00800. The molecule has 20 heavy (non-hydrogen) atoms. The molecule has 0 aromatic heterocycles. The van der Waals surface area contributed by atoms with Gasteiger partial charge in [0.2, 0.25) is 0 Å². The molecule has 1 heterocycles. The lowest BCUT2D eigenvalue weighted by atomic mass is 9.98. The summed E-state index contributed by atoms with van der Waals surface area (Å²) in [7, 11) is 4.35. The van der Waals surface area contributed by atoms with Crippen molar-refractivity contribution in [1.82, 2.24) is 15.1 Å². The van der Waals surface area contributed by atoms with Crippen LogP contribution in [0.2, 0.25) is 0 Å². The third kappa shape index (κ3) is 3.73. The minimum absolute atomic E-state index is 0.00800. The first-order valence-corrected chi connectivity index (χ1v) is 8.36. The highest BCUT2D eigenvalue weighted by atomic mass is 16.3. The van der Waals surface area contributed by atoms with E-state index in [0.717, 1.165) is 31.8 Å². The van der Waals surface area contributed by atoms with Crippen LogP contribution in [0.5, 0.6) is 0 Å². The average Bonchev–Trinajstić information content (AvgIpc) is 3.03. The molecular formula is C16H33N3O. The number of hydrogen-bond donors (Lipinski definition) is 2. The maximum atomic E-state index is 9.83. The van der Waals surface area contributed by atoms with Gasteiger partial charge >= 0.3 is 0 Å². The molecule has 0 aromatic rings. The Bertz CT molecular complexity index is 297. The van der Waals surface area contributed by atoms with E-state index in [4.69, 9.17) is 0 Å². The summed E-state index contributed by atoms with van der Waals surface area (Å²) in [5.74, 6) is 0. The number of nitrogens with one attached hydrogen (secondary N) is 1. The highest BCUT2D eigenvalue weighted by Crippen LogP contribution is 2.36. The highest BCUT2D eigenvalue weighted by Gasteiger charge is 2.43. The van der Waals surface area contributed by atoms with Crippen LogP contribution >= 0.6 is 0 Å². The van der Waals surface area contributed by atoms with Crippen LogP contribution in [0.4, 0.5) is 0 Å². The SMILES string of the molecule is CCCNC1(CO)CCC(N2CCCC2CN(C)C)C1. The summed E-state index contributed by atoms with van der Waals surface area (Å²) in [4.78, 5) is 5.04. The molecule has 3 unspecified atom stereocenters. The van der Waals surface area contributed by atoms with Crippen molar-refractivity contribution in [2.24, 2.45) is 0 Å². The normalized spacial score (nSPS) is 35.2. The third-order valence-electron chi connectivity index (χ3n) is 5.10. The number of likely N-dealkylation sites (N-methyl/N-ethyl adjacent to an activating group) is 1. The Morgan fingerprint density at radius 2 is 2.15 bits per heavy atom. The molecule has 1 aliphatic heterocycles. The Hall–Kier alpha value is -0.160. The molecule has 0 spiro atoms. The molecule has 1 aliphatic carbocycles. The van der Waals surface area contributed by atoms with Gasteiger partial charge < -0.3 is 15.3 Å². The van der Waals surface area contributed by atoms with Crippen LogP contribution in [0.1, 0.15) is 45.4 Å².